The van der Waals surface area contributed by atoms with E-state index in [1.165, 1.54) is 69.8 Å². The van der Waals surface area contributed by atoms with Crippen molar-refractivity contribution in [2.75, 3.05) is 0 Å². The molecule has 1 radical (unpaired) electrons. The number of hydrogen-bond acceptors (Lipinski definition) is 3. The SMILES string of the molecule is CC(=O)/C=C(/C)O.Cc1[c-]c(-c2cc(CC(C)C)c3cc4c(cc3n2)C(c2ccccc2)(c2ccccc2)c2ccccc2-4)cc(C)c1.[Ir]. The number of rotatable bonds is 6. The fraction of sp³-hybridized carbons (Fsp3) is 0.200. The quantitative estimate of drug-likeness (QED) is 0.103. The number of nitrogens with zero attached hydrogens (tertiary/aromatic N) is 1. The maximum Gasteiger partial charge on any atom is 0.155 e. The standard InChI is InChI=1S/C40H34N.C5H8O2.Ir/c1-26(2)19-29-23-38(30-21-27(3)20-28(4)22-30)41-39-25-37-35(24-34(29)39)33-17-11-12-18-36(33)40(37,31-13-7-5-8-14-31)32-15-9-6-10-16-32;1-4(6)3-5(2)7;/h5-18,20-21,23-26H,19H2,1-4H3;3,6H,1-2H3;/q-1;;/b;4-3-;. The van der Waals surface area contributed by atoms with Gasteiger partial charge in [-0.15, -0.1) is 34.9 Å². The molecule has 1 heterocycles. The Morgan fingerprint density at radius 3 is 1.96 bits per heavy atom. The summed E-state index contributed by atoms with van der Waals surface area (Å²) in [6.45, 7) is 11.7. The van der Waals surface area contributed by atoms with Gasteiger partial charge in [-0.3, -0.25) is 9.78 Å². The predicted octanol–water partition coefficient (Wildman–Crippen LogP) is 10.9. The third-order valence-corrected chi connectivity index (χ3v) is 8.94. The average Bonchev–Trinajstić information content (AvgIpc) is 3.33. The Bertz CT molecular complexity index is 2090. The molecule has 0 amide bonds. The molecule has 0 saturated heterocycles. The van der Waals surface area contributed by atoms with Crippen molar-refractivity contribution in [2.45, 2.75) is 53.4 Å². The van der Waals surface area contributed by atoms with Crippen molar-refractivity contribution in [1.82, 2.24) is 4.98 Å². The van der Waals surface area contributed by atoms with Crippen LogP contribution in [0.25, 0.3) is 33.3 Å². The summed E-state index contributed by atoms with van der Waals surface area (Å²) in [6.07, 6.45) is 2.17. The van der Waals surface area contributed by atoms with Crippen LogP contribution in [0.3, 0.4) is 0 Å². The molecule has 1 aliphatic carbocycles. The van der Waals surface area contributed by atoms with E-state index in [1.807, 2.05) is 0 Å². The van der Waals surface area contributed by atoms with Gasteiger partial charge in [-0.25, -0.2) is 0 Å². The van der Waals surface area contributed by atoms with Crippen LogP contribution in [0.2, 0.25) is 0 Å². The minimum atomic E-state index is -0.426. The Labute approximate surface area is 304 Å². The van der Waals surface area contributed by atoms with Gasteiger partial charge in [0.05, 0.1) is 16.7 Å². The Hall–Kier alpha value is -4.63. The molecule has 1 aromatic heterocycles. The minimum Gasteiger partial charge on any atom is -0.512 e. The first-order valence-electron chi connectivity index (χ1n) is 16.7. The molecule has 49 heavy (non-hydrogen) atoms. The number of ketones is 1. The van der Waals surface area contributed by atoms with E-state index in [2.05, 4.69) is 149 Å². The third kappa shape index (κ3) is 7.08. The zero-order chi connectivity index (χ0) is 34.0. The van der Waals surface area contributed by atoms with E-state index in [-0.39, 0.29) is 31.6 Å². The number of fused-ring (bicyclic) bond motifs is 4. The van der Waals surface area contributed by atoms with Crippen LogP contribution in [-0.4, -0.2) is 15.9 Å². The predicted molar refractivity (Wildman–Crippen MR) is 198 cm³/mol. The van der Waals surface area contributed by atoms with E-state index in [0.717, 1.165) is 28.8 Å². The first-order chi connectivity index (χ1) is 23.1. The smallest absolute Gasteiger partial charge is 0.155 e. The summed E-state index contributed by atoms with van der Waals surface area (Å²) in [5.41, 5.74) is 14.2. The van der Waals surface area contributed by atoms with E-state index < -0.39 is 5.41 Å². The van der Waals surface area contributed by atoms with Crippen molar-refractivity contribution in [2.24, 2.45) is 5.92 Å². The van der Waals surface area contributed by atoms with E-state index in [1.54, 1.807) is 0 Å². The second kappa shape index (κ2) is 14.9. The molecule has 0 bridgehead atoms. The Morgan fingerprint density at radius 1 is 0.796 bits per heavy atom. The fourth-order valence-electron chi connectivity index (χ4n) is 7.31. The number of pyridine rings is 1. The van der Waals surface area contributed by atoms with Crippen LogP contribution >= 0.6 is 0 Å². The molecule has 0 unspecified atom stereocenters. The normalized spacial score (nSPS) is 12.8. The maximum absolute atomic E-state index is 10.0. The molecule has 0 spiro atoms. The van der Waals surface area contributed by atoms with Crippen LogP contribution in [-0.2, 0) is 36.7 Å². The van der Waals surface area contributed by atoms with Gasteiger partial charge in [0, 0.05) is 31.6 Å². The minimum absolute atomic E-state index is 0. The monoisotopic (exact) mass is 821 g/mol. The third-order valence-electron chi connectivity index (χ3n) is 8.94. The number of hydrogen-bond donors (Lipinski definition) is 1. The molecule has 1 aliphatic rings. The van der Waals surface area contributed by atoms with Crippen molar-refractivity contribution >= 4 is 16.7 Å². The Morgan fingerprint density at radius 2 is 1.41 bits per heavy atom. The molecular weight excluding hydrogens is 779 g/mol. The second-order valence-electron chi connectivity index (χ2n) is 13.4. The van der Waals surface area contributed by atoms with Gasteiger partial charge in [-0.2, -0.15) is 0 Å². The van der Waals surface area contributed by atoms with Crippen LogP contribution in [0.15, 0.2) is 127 Å². The van der Waals surface area contributed by atoms with E-state index in [0.29, 0.717) is 5.92 Å². The van der Waals surface area contributed by atoms with Crippen molar-refractivity contribution in [1.29, 1.82) is 0 Å². The first-order valence-corrected chi connectivity index (χ1v) is 16.7. The molecule has 0 saturated carbocycles. The summed E-state index contributed by atoms with van der Waals surface area (Å²) >= 11 is 0. The Kier molecular flexibility index (Phi) is 10.8. The number of benzene rings is 5. The molecule has 7 rings (SSSR count). The van der Waals surface area contributed by atoms with Crippen molar-refractivity contribution in [3.63, 3.8) is 0 Å². The number of carbonyl (C=O) groups is 1. The number of allylic oxidation sites excluding steroid dienone is 2. The first kappa shape index (κ1) is 35.7. The fourth-order valence-corrected chi connectivity index (χ4v) is 7.31. The molecule has 3 nitrogen and oxygen atoms in total. The second-order valence-corrected chi connectivity index (χ2v) is 13.4. The van der Waals surface area contributed by atoms with Gasteiger partial charge in [0.2, 0.25) is 0 Å². The summed E-state index contributed by atoms with van der Waals surface area (Å²) in [6, 6.07) is 46.0. The maximum atomic E-state index is 10.0. The molecule has 0 atom stereocenters. The van der Waals surface area contributed by atoms with Crippen molar-refractivity contribution in [3.05, 3.63) is 172 Å². The molecule has 4 heteroatoms. The summed E-state index contributed by atoms with van der Waals surface area (Å²) in [5, 5.41) is 9.61. The van der Waals surface area contributed by atoms with E-state index in [9.17, 15) is 4.79 Å². The van der Waals surface area contributed by atoms with E-state index in [4.69, 9.17) is 10.1 Å². The van der Waals surface area contributed by atoms with Crippen LogP contribution in [0.5, 0.6) is 0 Å². The largest absolute Gasteiger partial charge is 0.512 e. The molecule has 6 aromatic rings. The van der Waals surface area contributed by atoms with Crippen LogP contribution in [0, 0.1) is 25.8 Å². The van der Waals surface area contributed by atoms with Crippen LogP contribution < -0.4 is 0 Å². The number of carbonyl (C=O) groups excluding carboxylic acids is 1. The summed E-state index contributed by atoms with van der Waals surface area (Å²) in [5.74, 6) is 0.470. The topological polar surface area (TPSA) is 50.2 Å². The molecule has 0 fully saturated rings. The van der Waals surface area contributed by atoms with Gasteiger partial charge in [0.1, 0.15) is 0 Å². The molecule has 5 aromatic carbocycles. The molecule has 0 aliphatic heterocycles. The zero-order valence-electron chi connectivity index (χ0n) is 29.0. The van der Waals surface area contributed by atoms with E-state index >= 15 is 0 Å². The molecule has 1 N–H and O–H groups in total. The van der Waals surface area contributed by atoms with Crippen LogP contribution in [0.4, 0.5) is 0 Å². The van der Waals surface area contributed by atoms with Gasteiger partial charge in [0.15, 0.2) is 5.78 Å². The number of aliphatic hydroxyl groups excluding tert-OH is 1. The van der Waals surface area contributed by atoms with Gasteiger partial charge < -0.3 is 5.11 Å². The number of aliphatic hydroxyl groups is 1. The number of aryl methyl sites for hydroxylation is 2. The van der Waals surface area contributed by atoms with Crippen molar-refractivity contribution < 1.29 is 30.0 Å². The van der Waals surface area contributed by atoms with Crippen molar-refractivity contribution in [3.8, 4) is 22.4 Å². The summed E-state index contributed by atoms with van der Waals surface area (Å²) < 4.78 is 0. The zero-order valence-corrected chi connectivity index (χ0v) is 31.4. The Balaban J connectivity index is 0.000000532. The summed E-state index contributed by atoms with van der Waals surface area (Å²) in [4.78, 5) is 15.4. The average molecular weight is 821 g/mol. The molecular formula is C45H42IrNO2-. The summed E-state index contributed by atoms with van der Waals surface area (Å²) in [7, 11) is 0. The van der Waals surface area contributed by atoms with Gasteiger partial charge in [-0.05, 0) is 83.0 Å². The van der Waals surface area contributed by atoms with Gasteiger partial charge in [-0.1, -0.05) is 119 Å². The van der Waals surface area contributed by atoms with Gasteiger partial charge in [0.25, 0.3) is 0 Å². The molecule has 249 valence electrons. The van der Waals surface area contributed by atoms with Gasteiger partial charge >= 0.3 is 0 Å². The van der Waals surface area contributed by atoms with Crippen LogP contribution in [0.1, 0.15) is 66.6 Å². The number of aromatic nitrogens is 1.